The molecular formula is C18H26N4OS. The number of fused-ring (bicyclic) bond motifs is 1. The molecule has 2 aromatic rings. The summed E-state index contributed by atoms with van der Waals surface area (Å²) in [7, 11) is 0. The molecule has 0 bridgehead atoms. The van der Waals surface area contributed by atoms with E-state index in [1.807, 2.05) is 13.8 Å². The van der Waals surface area contributed by atoms with Crippen molar-refractivity contribution in [3.05, 3.63) is 33.5 Å². The summed E-state index contributed by atoms with van der Waals surface area (Å²) in [4.78, 5) is 15.9. The summed E-state index contributed by atoms with van der Waals surface area (Å²) in [5.74, 6) is 0.0181. The van der Waals surface area contributed by atoms with Crippen LogP contribution in [0.4, 0.5) is 5.00 Å². The first-order valence-electron chi connectivity index (χ1n) is 8.76. The molecule has 0 atom stereocenters. The number of nitrogens with one attached hydrogen (secondary N) is 2. The number of aromatic nitrogens is 2. The van der Waals surface area contributed by atoms with Gasteiger partial charge in [0.25, 0.3) is 5.91 Å². The molecule has 1 aliphatic rings. The lowest BCUT2D eigenvalue weighted by molar-refractivity contribution is 0.0955. The number of anilines is 1. The number of aromatic amines is 1. The number of carbonyl (C=O) groups excluding carboxylic acids is 1. The molecular weight excluding hydrogens is 320 g/mol. The lowest BCUT2D eigenvalue weighted by atomic mass is 10.1. The smallest absolute Gasteiger partial charge is 0.261 e. The van der Waals surface area contributed by atoms with Gasteiger partial charge in [-0.3, -0.25) is 9.89 Å². The quantitative estimate of drug-likeness (QED) is 0.870. The molecule has 1 amide bonds. The van der Waals surface area contributed by atoms with Gasteiger partial charge in [-0.25, -0.2) is 0 Å². The average molecular weight is 347 g/mol. The second-order valence-electron chi connectivity index (χ2n) is 6.48. The van der Waals surface area contributed by atoms with E-state index in [1.165, 1.54) is 23.4 Å². The van der Waals surface area contributed by atoms with Crippen molar-refractivity contribution in [3.63, 3.8) is 0 Å². The molecule has 0 unspecified atom stereocenters. The summed E-state index contributed by atoms with van der Waals surface area (Å²) < 4.78 is 0. The van der Waals surface area contributed by atoms with E-state index in [0.29, 0.717) is 6.54 Å². The molecule has 0 spiro atoms. The molecule has 6 heteroatoms. The average Bonchev–Trinajstić information content (AvgIpc) is 3.07. The van der Waals surface area contributed by atoms with Crippen LogP contribution in [0, 0.1) is 13.8 Å². The van der Waals surface area contributed by atoms with Crippen LogP contribution in [0.15, 0.2) is 6.07 Å². The standard InChI is InChI=1S/C18H26N4OS/c1-4-8-22-9-6-5-7-14-10-16(24-18(14)22)17(23)19-11-15-12(2)20-21-13(15)3/h10H,4-9,11H2,1-3H3,(H,19,23)(H,20,21). The van der Waals surface area contributed by atoms with E-state index >= 15 is 0 Å². The minimum Gasteiger partial charge on any atom is -0.363 e. The number of hydrogen-bond acceptors (Lipinski definition) is 4. The van der Waals surface area contributed by atoms with Crippen LogP contribution < -0.4 is 10.2 Å². The van der Waals surface area contributed by atoms with Gasteiger partial charge >= 0.3 is 0 Å². The number of carbonyl (C=O) groups is 1. The fraction of sp³-hybridized carbons (Fsp3) is 0.556. The van der Waals surface area contributed by atoms with Gasteiger partial charge in [-0.2, -0.15) is 5.10 Å². The first-order chi connectivity index (χ1) is 11.6. The topological polar surface area (TPSA) is 61.0 Å². The first kappa shape index (κ1) is 17.0. The molecule has 0 aromatic carbocycles. The Hall–Kier alpha value is -1.82. The number of thiophene rings is 1. The number of aryl methyl sites for hydroxylation is 3. The molecule has 1 aliphatic heterocycles. The van der Waals surface area contributed by atoms with Crippen LogP contribution in [-0.4, -0.2) is 29.2 Å². The fourth-order valence-corrected chi connectivity index (χ4v) is 4.45. The number of amides is 1. The number of rotatable bonds is 5. The van der Waals surface area contributed by atoms with Crippen LogP contribution in [0.5, 0.6) is 0 Å². The van der Waals surface area contributed by atoms with Crippen molar-refractivity contribution in [2.75, 3.05) is 18.0 Å². The maximum absolute atomic E-state index is 12.6. The van der Waals surface area contributed by atoms with Gasteiger partial charge in [-0.15, -0.1) is 11.3 Å². The molecule has 3 heterocycles. The minimum atomic E-state index is 0.0181. The largest absolute Gasteiger partial charge is 0.363 e. The van der Waals surface area contributed by atoms with Crippen LogP contribution in [0.25, 0.3) is 0 Å². The Morgan fingerprint density at radius 2 is 2.25 bits per heavy atom. The summed E-state index contributed by atoms with van der Waals surface area (Å²) in [5, 5.41) is 11.5. The third-order valence-electron chi connectivity index (χ3n) is 4.62. The molecule has 5 nitrogen and oxygen atoms in total. The highest BCUT2D eigenvalue weighted by Gasteiger charge is 2.21. The monoisotopic (exact) mass is 346 g/mol. The molecule has 24 heavy (non-hydrogen) atoms. The van der Waals surface area contributed by atoms with E-state index in [9.17, 15) is 4.79 Å². The van der Waals surface area contributed by atoms with E-state index in [0.717, 1.165) is 47.8 Å². The van der Waals surface area contributed by atoms with Crippen LogP contribution in [0.1, 0.15) is 58.4 Å². The predicted octanol–water partition coefficient (Wildman–Crippen LogP) is 3.57. The van der Waals surface area contributed by atoms with Crippen molar-refractivity contribution in [2.45, 2.75) is 53.0 Å². The lowest BCUT2D eigenvalue weighted by Crippen LogP contribution is -2.24. The molecule has 0 saturated heterocycles. The van der Waals surface area contributed by atoms with E-state index < -0.39 is 0 Å². The molecule has 0 radical (unpaired) electrons. The van der Waals surface area contributed by atoms with Crippen molar-refractivity contribution < 1.29 is 4.79 Å². The molecule has 2 aromatic heterocycles. The van der Waals surface area contributed by atoms with E-state index in [1.54, 1.807) is 11.3 Å². The second kappa shape index (κ2) is 7.38. The van der Waals surface area contributed by atoms with Gasteiger partial charge in [0.15, 0.2) is 0 Å². The van der Waals surface area contributed by atoms with Gasteiger partial charge in [0.2, 0.25) is 0 Å². The fourth-order valence-electron chi connectivity index (χ4n) is 3.27. The predicted molar refractivity (Wildman–Crippen MR) is 99.0 cm³/mol. The zero-order valence-electron chi connectivity index (χ0n) is 14.7. The number of hydrogen-bond donors (Lipinski definition) is 2. The summed E-state index contributed by atoms with van der Waals surface area (Å²) in [6.07, 6.45) is 4.66. The minimum absolute atomic E-state index is 0.0181. The van der Waals surface area contributed by atoms with Crippen molar-refractivity contribution in [1.82, 2.24) is 15.5 Å². The van der Waals surface area contributed by atoms with Crippen molar-refractivity contribution >= 4 is 22.2 Å². The zero-order valence-corrected chi connectivity index (χ0v) is 15.6. The van der Waals surface area contributed by atoms with Crippen molar-refractivity contribution in [3.8, 4) is 0 Å². The Morgan fingerprint density at radius 3 is 2.96 bits per heavy atom. The van der Waals surface area contributed by atoms with E-state index in [-0.39, 0.29) is 5.91 Å². The van der Waals surface area contributed by atoms with Gasteiger partial charge in [-0.05, 0) is 51.2 Å². The maximum Gasteiger partial charge on any atom is 0.261 e. The SMILES string of the molecule is CCCN1CCCCc2cc(C(=O)NCc3c(C)n[nH]c3C)sc21. The Labute approximate surface area is 147 Å². The zero-order chi connectivity index (χ0) is 17.1. The molecule has 2 N–H and O–H groups in total. The third kappa shape index (κ3) is 3.48. The molecule has 130 valence electrons. The Morgan fingerprint density at radius 1 is 1.42 bits per heavy atom. The summed E-state index contributed by atoms with van der Waals surface area (Å²) in [6, 6.07) is 2.10. The van der Waals surface area contributed by atoms with Gasteiger partial charge in [-0.1, -0.05) is 6.92 Å². The summed E-state index contributed by atoms with van der Waals surface area (Å²) in [6.45, 7) is 8.85. The van der Waals surface area contributed by atoms with Gasteiger partial charge < -0.3 is 10.2 Å². The van der Waals surface area contributed by atoms with Gasteiger partial charge in [0.05, 0.1) is 15.6 Å². The highest BCUT2D eigenvalue weighted by Crippen LogP contribution is 2.35. The third-order valence-corrected chi connectivity index (χ3v) is 5.86. The Bertz CT molecular complexity index is 699. The van der Waals surface area contributed by atoms with Gasteiger partial charge in [0, 0.05) is 30.9 Å². The molecule has 0 saturated carbocycles. The molecule has 0 fully saturated rings. The second-order valence-corrected chi connectivity index (χ2v) is 7.51. The maximum atomic E-state index is 12.6. The normalized spacial score (nSPS) is 14.4. The molecule has 3 rings (SSSR count). The lowest BCUT2D eigenvalue weighted by Gasteiger charge is -2.21. The van der Waals surface area contributed by atoms with E-state index in [4.69, 9.17) is 0 Å². The number of nitrogens with zero attached hydrogens (tertiary/aromatic N) is 2. The van der Waals surface area contributed by atoms with Crippen LogP contribution >= 0.6 is 11.3 Å². The van der Waals surface area contributed by atoms with E-state index in [2.05, 4.69) is 33.4 Å². The van der Waals surface area contributed by atoms with Gasteiger partial charge in [0.1, 0.15) is 0 Å². The Kier molecular flexibility index (Phi) is 5.23. The Balaban J connectivity index is 1.73. The van der Waals surface area contributed by atoms with Crippen LogP contribution in [0.3, 0.4) is 0 Å². The van der Waals surface area contributed by atoms with Crippen molar-refractivity contribution in [1.29, 1.82) is 0 Å². The highest BCUT2D eigenvalue weighted by atomic mass is 32.1. The summed E-state index contributed by atoms with van der Waals surface area (Å²) in [5.41, 5.74) is 4.38. The summed E-state index contributed by atoms with van der Waals surface area (Å²) >= 11 is 1.64. The highest BCUT2D eigenvalue weighted by molar-refractivity contribution is 7.18. The first-order valence-corrected chi connectivity index (χ1v) is 9.58. The van der Waals surface area contributed by atoms with Crippen LogP contribution in [0.2, 0.25) is 0 Å². The van der Waals surface area contributed by atoms with Crippen LogP contribution in [-0.2, 0) is 13.0 Å². The van der Waals surface area contributed by atoms with Crippen molar-refractivity contribution in [2.24, 2.45) is 0 Å². The number of H-pyrrole nitrogens is 1. The molecule has 0 aliphatic carbocycles.